The Morgan fingerprint density at radius 1 is 1.25 bits per heavy atom. The van der Waals surface area contributed by atoms with E-state index >= 15 is 0 Å². The summed E-state index contributed by atoms with van der Waals surface area (Å²) in [6.45, 7) is 6.35. The Morgan fingerprint density at radius 3 is 2.65 bits per heavy atom. The molecule has 0 radical (unpaired) electrons. The molecule has 112 valence electrons. The van der Waals surface area contributed by atoms with E-state index in [0.29, 0.717) is 18.9 Å². The summed E-state index contributed by atoms with van der Waals surface area (Å²) < 4.78 is 19.4. The van der Waals surface area contributed by atoms with Crippen molar-refractivity contribution in [3.05, 3.63) is 29.6 Å². The van der Waals surface area contributed by atoms with Gasteiger partial charge in [-0.25, -0.2) is 4.39 Å². The van der Waals surface area contributed by atoms with Gasteiger partial charge in [0.05, 0.1) is 0 Å². The lowest BCUT2D eigenvalue weighted by molar-refractivity contribution is 0.132. The third kappa shape index (κ3) is 4.44. The van der Waals surface area contributed by atoms with Gasteiger partial charge >= 0.3 is 0 Å². The zero-order valence-corrected chi connectivity index (χ0v) is 12.4. The van der Waals surface area contributed by atoms with Gasteiger partial charge in [0, 0.05) is 39.3 Å². The molecule has 5 heteroatoms. The number of nitrogens with one attached hydrogen (secondary N) is 1. The standard InChI is InChI=1S/C15H24FN3O/c1-17-12-13-3-4-15(14(16)11-13)20-10-9-19-7-5-18(2)6-8-19/h3-4,11,17H,5-10,12H2,1-2H3. The van der Waals surface area contributed by atoms with Crippen LogP contribution in [0.2, 0.25) is 0 Å². The van der Waals surface area contributed by atoms with Gasteiger partial charge in [-0.05, 0) is 31.8 Å². The van der Waals surface area contributed by atoms with Crippen LogP contribution in [0.3, 0.4) is 0 Å². The zero-order chi connectivity index (χ0) is 14.4. The van der Waals surface area contributed by atoms with Gasteiger partial charge < -0.3 is 15.0 Å². The van der Waals surface area contributed by atoms with Gasteiger partial charge in [0.25, 0.3) is 0 Å². The minimum atomic E-state index is -0.281. The van der Waals surface area contributed by atoms with Crippen molar-refractivity contribution in [2.75, 3.05) is 53.4 Å². The Hall–Kier alpha value is -1.17. The summed E-state index contributed by atoms with van der Waals surface area (Å²) in [5.74, 6) is 0.0649. The second kappa shape index (κ2) is 7.57. The SMILES string of the molecule is CNCc1ccc(OCCN2CCN(C)CC2)c(F)c1. The molecule has 1 aromatic rings. The van der Waals surface area contributed by atoms with Gasteiger partial charge in [-0.1, -0.05) is 6.07 Å². The van der Waals surface area contributed by atoms with E-state index in [4.69, 9.17) is 4.74 Å². The Kier molecular flexibility index (Phi) is 5.76. The number of rotatable bonds is 6. The molecule has 0 bridgehead atoms. The average Bonchev–Trinajstić information content (AvgIpc) is 2.44. The molecular weight excluding hydrogens is 257 g/mol. The van der Waals surface area contributed by atoms with Gasteiger partial charge in [-0.2, -0.15) is 0 Å². The smallest absolute Gasteiger partial charge is 0.165 e. The summed E-state index contributed by atoms with van der Waals surface area (Å²) in [6, 6.07) is 5.14. The van der Waals surface area contributed by atoms with E-state index in [2.05, 4.69) is 22.2 Å². The Labute approximate surface area is 120 Å². The van der Waals surface area contributed by atoms with E-state index in [1.165, 1.54) is 6.07 Å². The number of hydrogen-bond donors (Lipinski definition) is 1. The Bertz CT molecular complexity index is 420. The number of benzene rings is 1. The van der Waals surface area contributed by atoms with Crippen molar-refractivity contribution in [1.82, 2.24) is 15.1 Å². The van der Waals surface area contributed by atoms with Crippen LogP contribution in [0, 0.1) is 5.82 Å². The molecule has 0 spiro atoms. The van der Waals surface area contributed by atoms with Crippen molar-refractivity contribution in [3.8, 4) is 5.75 Å². The molecule has 1 N–H and O–H groups in total. The van der Waals surface area contributed by atoms with E-state index in [0.717, 1.165) is 38.3 Å². The van der Waals surface area contributed by atoms with Crippen LogP contribution in [0.25, 0.3) is 0 Å². The zero-order valence-electron chi connectivity index (χ0n) is 12.4. The number of hydrogen-bond acceptors (Lipinski definition) is 4. The lowest BCUT2D eigenvalue weighted by Gasteiger charge is -2.32. The molecule has 1 aliphatic rings. The van der Waals surface area contributed by atoms with E-state index in [9.17, 15) is 4.39 Å². The van der Waals surface area contributed by atoms with Crippen molar-refractivity contribution in [1.29, 1.82) is 0 Å². The average molecular weight is 281 g/mol. The topological polar surface area (TPSA) is 27.7 Å². The first kappa shape index (κ1) is 15.2. The highest BCUT2D eigenvalue weighted by Crippen LogP contribution is 2.18. The van der Waals surface area contributed by atoms with Crippen molar-refractivity contribution < 1.29 is 9.13 Å². The highest BCUT2D eigenvalue weighted by Gasteiger charge is 2.13. The Balaban J connectivity index is 1.76. The van der Waals surface area contributed by atoms with Gasteiger partial charge in [0.15, 0.2) is 11.6 Å². The summed E-state index contributed by atoms with van der Waals surface area (Å²) in [5, 5.41) is 3.00. The van der Waals surface area contributed by atoms with Crippen LogP contribution in [0.1, 0.15) is 5.56 Å². The van der Waals surface area contributed by atoms with Crippen molar-refractivity contribution in [3.63, 3.8) is 0 Å². The molecular formula is C15H24FN3O. The maximum atomic E-state index is 13.8. The number of ether oxygens (including phenoxy) is 1. The van der Waals surface area contributed by atoms with E-state index in [1.807, 2.05) is 13.1 Å². The van der Waals surface area contributed by atoms with E-state index in [-0.39, 0.29) is 5.82 Å². The molecule has 0 unspecified atom stereocenters. The molecule has 20 heavy (non-hydrogen) atoms. The molecule has 1 saturated heterocycles. The second-order valence-electron chi connectivity index (χ2n) is 5.29. The molecule has 0 atom stereocenters. The van der Waals surface area contributed by atoms with Crippen LogP contribution in [0.15, 0.2) is 18.2 Å². The van der Waals surface area contributed by atoms with E-state index in [1.54, 1.807) is 6.07 Å². The highest BCUT2D eigenvalue weighted by atomic mass is 19.1. The van der Waals surface area contributed by atoms with Crippen molar-refractivity contribution in [2.24, 2.45) is 0 Å². The first-order chi connectivity index (χ1) is 9.69. The normalized spacial score (nSPS) is 17.4. The molecule has 1 heterocycles. The second-order valence-corrected chi connectivity index (χ2v) is 5.29. The van der Waals surface area contributed by atoms with Gasteiger partial charge in [-0.3, -0.25) is 4.90 Å². The number of piperazine rings is 1. The van der Waals surface area contributed by atoms with Crippen LogP contribution >= 0.6 is 0 Å². The van der Waals surface area contributed by atoms with Gasteiger partial charge in [0.1, 0.15) is 6.61 Å². The molecule has 0 aromatic heterocycles. The molecule has 0 amide bonds. The molecule has 1 aliphatic heterocycles. The van der Waals surface area contributed by atoms with E-state index < -0.39 is 0 Å². The minimum absolute atomic E-state index is 0.281. The third-order valence-corrected chi connectivity index (χ3v) is 3.64. The molecule has 0 saturated carbocycles. The maximum absolute atomic E-state index is 13.8. The predicted molar refractivity (Wildman–Crippen MR) is 78.6 cm³/mol. The molecule has 0 aliphatic carbocycles. The van der Waals surface area contributed by atoms with Gasteiger partial charge in [0.2, 0.25) is 0 Å². The van der Waals surface area contributed by atoms with Crippen LogP contribution in [0.4, 0.5) is 4.39 Å². The first-order valence-electron chi connectivity index (χ1n) is 7.16. The first-order valence-corrected chi connectivity index (χ1v) is 7.16. The molecule has 1 aromatic carbocycles. The summed E-state index contributed by atoms with van der Waals surface area (Å²) >= 11 is 0. The van der Waals surface area contributed by atoms with Crippen LogP contribution < -0.4 is 10.1 Å². The van der Waals surface area contributed by atoms with Crippen LogP contribution in [0.5, 0.6) is 5.75 Å². The molecule has 4 nitrogen and oxygen atoms in total. The predicted octanol–water partition coefficient (Wildman–Crippen LogP) is 1.17. The number of likely N-dealkylation sites (N-methyl/N-ethyl adjacent to an activating group) is 1. The number of halogens is 1. The fraction of sp³-hybridized carbons (Fsp3) is 0.600. The van der Waals surface area contributed by atoms with Crippen molar-refractivity contribution >= 4 is 0 Å². The van der Waals surface area contributed by atoms with Crippen LogP contribution in [-0.2, 0) is 6.54 Å². The lowest BCUT2D eigenvalue weighted by Crippen LogP contribution is -2.45. The van der Waals surface area contributed by atoms with Gasteiger partial charge in [-0.15, -0.1) is 0 Å². The maximum Gasteiger partial charge on any atom is 0.165 e. The largest absolute Gasteiger partial charge is 0.489 e. The summed E-state index contributed by atoms with van der Waals surface area (Å²) in [6.07, 6.45) is 0. The quantitative estimate of drug-likeness (QED) is 0.847. The Morgan fingerprint density at radius 2 is 2.00 bits per heavy atom. The van der Waals surface area contributed by atoms with Crippen LogP contribution in [-0.4, -0.2) is 63.2 Å². The minimum Gasteiger partial charge on any atom is -0.489 e. The fourth-order valence-electron chi connectivity index (χ4n) is 2.33. The molecule has 1 fully saturated rings. The number of nitrogens with zero attached hydrogens (tertiary/aromatic N) is 2. The lowest BCUT2D eigenvalue weighted by atomic mass is 10.2. The summed E-state index contributed by atoms with van der Waals surface area (Å²) in [7, 11) is 3.98. The molecule has 2 rings (SSSR count). The van der Waals surface area contributed by atoms with Crippen molar-refractivity contribution in [2.45, 2.75) is 6.54 Å². The summed E-state index contributed by atoms with van der Waals surface area (Å²) in [5.41, 5.74) is 0.927. The fourth-order valence-corrected chi connectivity index (χ4v) is 2.33. The highest BCUT2D eigenvalue weighted by molar-refractivity contribution is 5.29. The third-order valence-electron chi connectivity index (χ3n) is 3.64. The monoisotopic (exact) mass is 281 g/mol. The summed E-state index contributed by atoms with van der Waals surface area (Å²) in [4.78, 5) is 4.67.